The molecule has 0 saturated heterocycles. The molecule has 1 N–H and O–H groups in total. The molecule has 0 atom stereocenters. The third-order valence-electron chi connectivity index (χ3n) is 4.97. The van der Waals surface area contributed by atoms with Gasteiger partial charge in [0.2, 0.25) is 5.89 Å². The first-order valence-electron chi connectivity index (χ1n) is 10.2. The van der Waals surface area contributed by atoms with Gasteiger partial charge in [-0.2, -0.15) is 0 Å². The van der Waals surface area contributed by atoms with Gasteiger partial charge in [0, 0.05) is 22.9 Å². The monoisotopic (exact) mass is 431 g/mol. The number of carbonyl (C=O) groups is 1. The number of anilines is 1. The second-order valence-corrected chi connectivity index (χ2v) is 7.08. The SMILES string of the molecule is CCOc1ccc(C(=O)Nc2ccc(-c3nc4cc(CC)ccc4o3)cc2)cc1[N+](=O)[O-]. The zero-order valence-electron chi connectivity index (χ0n) is 17.6. The fourth-order valence-electron chi connectivity index (χ4n) is 3.29. The van der Waals surface area contributed by atoms with E-state index >= 15 is 0 Å². The molecular formula is C24H21N3O5. The maximum absolute atomic E-state index is 12.6. The fourth-order valence-corrected chi connectivity index (χ4v) is 3.29. The van der Waals surface area contributed by atoms with Gasteiger partial charge in [0.25, 0.3) is 5.91 Å². The number of nitro benzene ring substituents is 1. The number of carbonyl (C=O) groups excluding carboxylic acids is 1. The Hall–Kier alpha value is -4.20. The van der Waals surface area contributed by atoms with Gasteiger partial charge in [-0.25, -0.2) is 4.98 Å². The van der Waals surface area contributed by atoms with E-state index < -0.39 is 10.8 Å². The summed E-state index contributed by atoms with van der Waals surface area (Å²) in [5.74, 6) is 0.161. The molecular weight excluding hydrogens is 410 g/mol. The summed E-state index contributed by atoms with van der Waals surface area (Å²) < 4.78 is 11.1. The van der Waals surface area contributed by atoms with Crippen molar-refractivity contribution >= 4 is 28.4 Å². The summed E-state index contributed by atoms with van der Waals surface area (Å²) in [5.41, 5.74) is 3.92. The summed E-state index contributed by atoms with van der Waals surface area (Å²) in [6.07, 6.45) is 0.921. The number of aryl methyl sites for hydroxylation is 1. The molecule has 4 rings (SSSR count). The Morgan fingerprint density at radius 1 is 1.09 bits per heavy atom. The Labute approximate surface area is 184 Å². The Morgan fingerprint density at radius 2 is 1.88 bits per heavy atom. The second-order valence-electron chi connectivity index (χ2n) is 7.08. The minimum atomic E-state index is -0.569. The predicted molar refractivity (Wildman–Crippen MR) is 121 cm³/mol. The molecule has 162 valence electrons. The number of nitrogens with zero attached hydrogens (tertiary/aromatic N) is 2. The molecule has 1 amide bonds. The number of amides is 1. The molecule has 4 aromatic rings. The molecule has 0 saturated carbocycles. The van der Waals surface area contributed by atoms with Crippen LogP contribution in [0.25, 0.3) is 22.6 Å². The smallest absolute Gasteiger partial charge is 0.311 e. The molecule has 0 aliphatic rings. The molecule has 1 aromatic heterocycles. The van der Waals surface area contributed by atoms with Crippen LogP contribution in [0.15, 0.2) is 65.1 Å². The van der Waals surface area contributed by atoms with Crippen molar-refractivity contribution in [1.29, 1.82) is 0 Å². The van der Waals surface area contributed by atoms with Gasteiger partial charge < -0.3 is 14.5 Å². The topological polar surface area (TPSA) is 108 Å². The zero-order valence-corrected chi connectivity index (χ0v) is 17.6. The van der Waals surface area contributed by atoms with E-state index in [9.17, 15) is 14.9 Å². The molecule has 3 aromatic carbocycles. The number of benzene rings is 3. The van der Waals surface area contributed by atoms with Crippen molar-refractivity contribution in [3.63, 3.8) is 0 Å². The lowest BCUT2D eigenvalue weighted by Gasteiger charge is -2.08. The Morgan fingerprint density at radius 3 is 2.56 bits per heavy atom. The number of hydrogen-bond acceptors (Lipinski definition) is 6. The van der Waals surface area contributed by atoms with E-state index in [1.807, 2.05) is 18.2 Å². The van der Waals surface area contributed by atoms with E-state index in [0.29, 0.717) is 23.8 Å². The molecule has 8 heteroatoms. The second kappa shape index (κ2) is 8.89. The van der Waals surface area contributed by atoms with Crippen LogP contribution in [0.2, 0.25) is 0 Å². The van der Waals surface area contributed by atoms with Crippen LogP contribution in [-0.4, -0.2) is 22.4 Å². The largest absolute Gasteiger partial charge is 0.487 e. The van der Waals surface area contributed by atoms with Gasteiger partial charge >= 0.3 is 5.69 Å². The number of nitro groups is 1. The molecule has 0 bridgehead atoms. The van der Waals surface area contributed by atoms with E-state index in [1.54, 1.807) is 31.2 Å². The molecule has 0 radical (unpaired) electrons. The van der Waals surface area contributed by atoms with Gasteiger partial charge in [-0.15, -0.1) is 0 Å². The highest BCUT2D eigenvalue weighted by Crippen LogP contribution is 2.29. The fraction of sp³-hybridized carbons (Fsp3) is 0.167. The van der Waals surface area contributed by atoms with Crippen LogP contribution in [-0.2, 0) is 6.42 Å². The average molecular weight is 431 g/mol. The molecule has 32 heavy (non-hydrogen) atoms. The molecule has 0 unspecified atom stereocenters. The van der Waals surface area contributed by atoms with Gasteiger partial charge in [-0.05, 0) is 67.4 Å². The summed E-state index contributed by atoms with van der Waals surface area (Å²) in [6.45, 7) is 4.11. The number of ether oxygens (including phenoxy) is 1. The number of fused-ring (bicyclic) bond motifs is 1. The summed E-state index contributed by atoms with van der Waals surface area (Å²) in [4.78, 5) is 27.8. The van der Waals surface area contributed by atoms with Crippen LogP contribution in [0.3, 0.4) is 0 Å². The normalized spacial score (nSPS) is 10.8. The van der Waals surface area contributed by atoms with Crippen molar-refractivity contribution in [1.82, 2.24) is 4.98 Å². The summed E-state index contributed by atoms with van der Waals surface area (Å²) in [6, 6.07) is 17.1. The van der Waals surface area contributed by atoms with Crippen molar-refractivity contribution in [2.75, 3.05) is 11.9 Å². The van der Waals surface area contributed by atoms with Crippen molar-refractivity contribution in [2.24, 2.45) is 0 Å². The number of aromatic nitrogens is 1. The van der Waals surface area contributed by atoms with Gasteiger partial charge in [0.15, 0.2) is 11.3 Å². The van der Waals surface area contributed by atoms with E-state index in [1.165, 1.54) is 23.8 Å². The Kier molecular flexibility index (Phi) is 5.85. The van der Waals surface area contributed by atoms with E-state index in [2.05, 4.69) is 17.2 Å². The summed E-state index contributed by atoms with van der Waals surface area (Å²) in [7, 11) is 0. The van der Waals surface area contributed by atoms with Crippen LogP contribution in [0.1, 0.15) is 29.8 Å². The molecule has 0 fully saturated rings. The van der Waals surface area contributed by atoms with Crippen molar-refractivity contribution in [3.05, 3.63) is 81.9 Å². The maximum atomic E-state index is 12.6. The van der Waals surface area contributed by atoms with Crippen molar-refractivity contribution in [2.45, 2.75) is 20.3 Å². The van der Waals surface area contributed by atoms with Gasteiger partial charge in [0.05, 0.1) is 11.5 Å². The highest BCUT2D eigenvalue weighted by molar-refractivity contribution is 6.05. The molecule has 8 nitrogen and oxygen atoms in total. The Bertz CT molecular complexity index is 1290. The Balaban J connectivity index is 1.52. The minimum absolute atomic E-state index is 0.128. The predicted octanol–water partition coefficient (Wildman–Crippen LogP) is 5.62. The lowest BCUT2D eigenvalue weighted by molar-refractivity contribution is -0.385. The molecule has 0 spiro atoms. The maximum Gasteiger partial charge on any atom is 0.311 e. The van der Waals surface area contributed by atoms with Crippen molar-refractivity contribution < 1.29 is 18.9 Å². The number of rotatable bonds is 7. The molecule has 1 heterocycles. The lowest BCUT2D eigenvalue weighted by Crippen LogP contribution is -2.12. The zero-order chi connectivity index (χ0) is 22.7. The summed E-state index contributed by atoms with van der Waals surface area (Å²) >= 11 is 0. The van der Waals surface area contributed by atoms with Crippen LogP contribution in [0.5, 0.6) is 5.75 Å². The van der Waals surface area contributed by atoms with Crippen LogP contribution >= 0.6 is 0 Å². The third-order valence-corrected chi connectivity index (χ3v) is 4.97. The number of nitrogens with one attached hydrogen (secondary N) is 1. The first kappa shape index (κ1) is 21.0. The van der Waals surface area contributed by atoms with E-state index in [4.69, 9.17) is 9.15 Å². The van der Waals surface area contributed by atoms with Crippen molar-refractivity contribution in [3.8, 4) is 17.2 Å². The highest BCUT2D eigenvalue weighted by atomic mass is 16.6. The molecule has 0 aliphatic carbocycles. The highest BCUT2D eigenvalue weighted by Gasteiger charge is 2.19. The van der Waals surface area contributed by atoms with Gasteiger partial charge in [-0.3, -0.25) is 14.9 Å². The molecule has 0 aliphatic heterocycles. The van der Waals surface area contributed by atoms with Gasteiger partial charge in [0.1, 0.15) is 5.52 Å². The minimum Gasteiger partial charge on any atom is -0.487 e. The number of oxazole rings is 1. The quantitative estimate of drug-likeness (QED) is 0.301. The first-order chi connectivity index (χ1) is 15.5. The standard InChI is InChI=1S/C24H21N3O5/c1-3-15-5-11-21-19(13-15)26-24(32-21)16-6-9-18(10-7-16)25-23(28)17-8-12-22(31-4-2)20(14-17)27(29)30/h5-14H,3-4H2,1-2H3,(H,25,28). The first-order valence-corrected chi connectivity index (χ1v) is 10.2. The van der Waals surface area contributed by atoms with Crippen LogP contribution < -0.4 is 10.1 Å². The van der Waals surface area contributed by atoms with Crippen LogP contribution in [0.4, 0.5) is 11.4 Å². The number of hydrogen-bond donors (Lipinski definition) is 1. The van der Waals surface area contributed by atoms with E-state index in [-0.39, 0.29) is 17.0 Å². The lowest BCUT2D eigenvalue weighted by atomic mass is 10.1. The summed E-state index contributed by atoms with van der Waals surface area (Å²) in [5, 5.41) is 14.0. The third kappa shape index (κ3) is 4.29. The van der Waals surface area contributed by atoms with E-state index in [0.717, 1.165) is 17.5 Å². The van der Waals surface area contributed by atoms with Gasteiger partial charge in [-0.1, -0.05) is 13.0 Å². The van der Waals surface area contributed by atoms with Crippen LogP contribution in [0, 0.1) is 10.1 Å². The average Bonchev–Trinajstić information content (AvgIpc) is 3.23.